The summed E-state index contributed by atoms with van der Waals surface area (Å²) in [5, 5.41) is 1.38. The number of nitrogens with zero attached hydrogens (tertiary/aromatic N) is 2. The fourth-order valence-corrected chi connectivity index (χ4v) is 2.97. The maximum absolute atomic E-state index is 12.4. The molecule has 4 nitrogen and oxygen atoms in total. The number of pyridine rings is 1. The number of rotatable bonds is 3. The van der Waals surface area contributed by atoms with Crippen molar-refractivity contribution in [3.05, 3.63) is 65.3 Å². The second-order valence-electron chi connectivity index (χ2n) is 4.25. The van der Waals surface area contributed by atoms with Crippen LogP contribution in [0, 0.1) is 0 Å². The van der Waals surface area contributed by atoms with E-state index in [0.29, 0.717) is 9.23 Å². The first-order valence-electron chi connectivity index (χ1n) is 6.25. The summed E-state index contributed by atoms with van der Waals surface area (Å²) in [6.07, 6.45) is 3.43. The van der Waals surface area contributed by atoms with Gasteiger partial charge in [-0.15, -0.1) is 0 Å². The van der Waals surface area contributed by atoms with Crippen LogP contribution in [0.3, 0.4) is 0 Å². The molecule has 1 saturated heterocycles. The summed E-state index contributed by atoms with van der Waals surface area (Å²) in [5.41, 5.74) is 4.56. The topological polar surface area (TPSA) is 45.2 Å². The first-order chi connectivity index (χ1) is 10.2. The number of thioether (sulfide) groups is 1. The fraction of sp³-hybridized carbons (Fsp3) is 0. The summed E-state index contributed by atoms with van der Waals surface area (Å²) in [6.45, 7) is 0. The Morgan fingerprint density at radius 3 is 2.62 bits per heavy atom. The van der Waals surface area contributed by atoms with Gasteiger partial charge in [0.15, 0.2) is 4.32 Å². The molecule has 2 aromatic rings. The smallest absolute Gasteiger partial charge is 0.285 e. The number of benzene rings is 1. The van der Waals surface area contributed by atoms with Crippen LogP contribution in [0.2, 0.25) is 0 Å². The highest BCUT2D eigenvalue weighted by Gasteiger charge is 2.32. The third-order valence-electron chi connectivity index (χ3n) is 2.78. The van der Waals surface area contributed by atoms with Gasteiger partial charge in [0.1, 0.15) is 0 Å². The number of hydrazine groups is 1. The van der Waals surface area contributed by atoms with E-state index in [1.54, 1.807) is 12.3 Å². The molecular weight excluding hydrogens is 302 g/mol. The van der Waals surface area contributed by atoms with E-state index in [9.17, 15) is 4.79 Å². The molecule has 1 aliphatic heterocycles. The monoisotopic (exact) mass is 313 g/mol. The number of aromatic nitrogens is 1. The molecule has 3 rings (SSSR count). The highest BCUT2D eigenvalue weighted by molar-refractivity contribution is 8.26. The van der Waals surface area contributed by atoms with Gasteiger partial charge in [0.2, 0.25) is 0 Å². The lowest BCUT2D eigenvalue weighted by Gasteiger charge is -2.16. The number of amides is 1. The molecule has 0 radical (unpaired) electrons. The summed E-state index contributed by atoms with van der Waals surface area (Å²) in [4.78, 5) is 17.1. The minimum atomic E-state index is -0.167. The Balaban J connectivity index is 1.81. The van der Waals surface area contributed by atoms with Gasteiger partial charge in [-0.1, -0.05) is 36.0 Å². The lowest BCUT2D eigenvalue weighted by molar-refractivity contribution is -0.121. The lowest BCUT2D eigenvalue weighted by atomic mass is 10.3. The molecule has 0 unspecified atom stereocenters. The van der Waals surface area contributed by atoms with Gasteiger partial charge in [0.25, 0.3) is 5.91 Å². The van der Waals surface area contributed by atoms with Crippen LogP contribution in [0.4, 0.5) is 5.69 Å². The van der Waals surface area contributed by atoms with Gasteiger partial charge >= 0.3 is 0 Å². The van der Waals surface area contributed by atoms with E-state index in [2.05, 4.69) is 10.4 Å². The van der Waals surface area contributed by atoms with Gasteiger partial charge in [0.05, 0.1) is 16.3 Å². The van der Waals surface area contributed by atoms with Gasteiger partial charge in [-0.25, -0.2) is 5.01 Å². The zero-order valence-electron chi connectivity index (χ0n) is 10.9. The van der Waals surface area contributed by atoms with Crippen LogP contribution >= 0.6 is 24.0 Å². The first kappa shape index (κ1) is 13.8. The average molecular weight is 313 g/mol. The standard InChI is InChI=1S/C15H11N3OS2/c19-14-13(10-12-8-4-5-9-16-12)21-15(20)18(14)17-11-6-2-1-3-7-11/h1-10,17H. The SMILES string of the molecule is O=C1C(=Cc2ccccn2)SC(=S)N1Nc1ccccc1. The summed E-state index contributed by atoms with van der Waals surface area (Å²) in [5.74, 6) is -0.167. The van der Waals surface area contributed by atoms with Gasteiger partial charge < -0.3 is 0 Å². The van der Waals surface area contributed by atoms with Crippen molar-refractivity contribution in [1.82, 2.24) is 9.99 Å². The van der Waals surface area contributed by atoms with Crippen LogP contribution in [0.1, 0.15) is 5.69 Å². The Bertz CT molecular complexity index is 701. The van der Waals surface area contributed by atoms with E-state index >= 15 is 0 Å². The molecule has 1 aromatic carbocycles. The summed E-state index contributed by atoms with van der Waals surface area (Å²) >= 11 is 6.52. The van der Waals surface area contributed by atoms with Crippen LogP contribution in [-0.2, 0) is 4.79 Å². The molecule has 1 amide bonds. The van der Waals surface area contributed by atoms with Crippen LogP contribution in [0.5, 0.6) is 0 Å². The van der Waals surface area contributed by atoms with Gasteiger partial charge in [-0.2, -0.15) is 0 Å². The number of anilines is 1. The Labute approximate surface area is 131 Å². The van der Waals surface area contributed by atoms with Crippen LogP contribution < -0.4 is 5.43 Å². The lowest BCUT2D eigenvalue weighted by Crippen LogP contribution is -2.33. The summed E-state index contributed by atoms with van der Waals surface area (Å²) in [6, 6.07) is 15.0. The molecule has 0 aliphatic carbocycles. The number of carbonyl (C=O) groups excluding carboxylic acids is 1. The van der Waals surface area contributed by atoms with E-state index in [1.807, 2.05) is 48.5 Å². The molecule has 0 bridgehead atoms. The maximum atomic E-state index is 12.4. The van der Waals surface area contributed by atoms with Crippen molar-refractivity contribution in [2.75, 3.05) is 5.43 Å². The normalized spacial score (nSPS) is 16.6. The Hall–Kier alpha value is -2.18. The molecule has 1 N–H and O–H groups in total. The maximum Gasteiger partial charge on any atom is 0.285 e. The molecule has 0 saturated carbocycles. The van der Waals surface area contributed by atoms with E-state index in [1.165, 1.54) is 16.8 Å². The number of thiocarbonyl (C=S) groups is 1. The predicted molar refractivity (Wildman–Crippen MR) is 89.3 cm³/mol. The number of hydrogen-bond acceptors (Lipinski definition) is 5. The third-order valence-corrected chi connectivity index (χ3v) is 4.08. The van der Waals surface area contributed by atoms with Crippen molar-refractivity contribution in [2.45, 2.75) is 0 Å². The Morgan fingerprint density at radius 2 is 1.90 bits per heavy atom. The van der Waals surface area contributed by atoms with Crippen molar-refractivity contribution in [1.29, 1.82) is 0 Å². The van der Waals surface area contributed by atoms with Gasteiger partial charge in [-0.3, -0.25) is 15.2 Å². The highest BCUT2D eigenvalue weighted by Crippen LogP contribution is 2.32. The van der Waals surface area contributed by atoms with E-state index in [4.69, 9.17) is 12.2 Å². The second-order valence-corrected chi connectivity index (χ2v) is 5.93. The van der Waals surface area contributed by atoms with Crippen LogP contribution in [-0.4, -0.2) is 20.2 Å². The quantitative estimate of drug-likeness (QED) is 0.696. The third kappa shape index (κ3) is 3.12. The minimum absolute atomic E-state index is 0.167. The fourth-order valence-electron chi connectivity index (χ4n) is 1.80. The molecule has 1 aromatic heterocycles. The average Bonchev–Trinajstić information content (AvgIpc) is 2.77. The molecular formula is C15H11N3OS2. The molecule has 6 heteroatoms. The Kier molecular flexibility index (Phi) is 3.98. The molecule has 0 atom stereocenters. The van der Waals surface area contributed by atoms with Gasteiger partial charge in [-0.05, 0) is 42.6 Å². The zero-order chi connectivity index (χ0) is 14.7. The molecule has 2 heterocycles. The van der Waals surface area contributed by atoms with Crippen molar-refractivity contribution in [3.63, 3.8) is 0 Å². The zero-order valence-corrected chi connectivity index (χ0v) is 12.5. The number of hydrogen-bond donors (Lipinski definition) is 1. The Morgan fingerprint density at radius 1 is 1.14 bits per heavy atom. The van der Waals surface area contributed by atoms with Crippen LogP contribution in [0.25, 0.3) is 6.08 Å². The second kappa shape index (κ2) is 6.07. The number of nitrogens with one attached hydrogen (secondary N) is 1. The predicted octanol–water partition coefficient (Wildman–Crippen LogP) is 3.31. The van der Waals surface area contributed by atoms with E-state index in [0.717, 1.165) is 11.4 Å². The first-order valence-corrected chi connectivity index (χ1v) is 7.47. The van der Waals surface area contributed by atoms with Crippen LogP contribution in [0.15, 0.2) is 59.6 Å². The summed E-state index contributed by atoms with van der Waals surface area (Å²) < 4.78 is 0.478. The van der Waals surface area contributed by atoms with E-state index < -0.39 is 0 Å². The van der Waals surface area contributed by atoms with Gasteiger partial charge in [0, 0.05) is 6.20 Å². The van der Waals surface area contributed by atoms with Crippen molar-refractivity contribution < 1.29 is 4.79 Å². The van der Waals surface area contributed by atoms with Crippen molar-refractivity contribution in [3.8, 4) is 0 Å². The van der Waals surface area contributed by atoms with E-state index in [-0.39, 0.29) is 5.91 Å². The molecule has 1 aliphatic rings. The molecule has 1 fully saturated rings. The van der Waals surface area contributed by atoms with Crippen molar-refractivity contribution in [2.24, 2.45) is 0 Å². The number of carbonyl (C=O) groups is 1. The molecule has 0 spiro atoms. The summed E-state index contributed by atoms with van der Waals surface area (Å²) in [7, 11) is 0. The number of para-hydroxylation sites is 1. The largest absolute Gasteiger partial charge is 0.290 e. The highest BCUT2D eigenvalue weighted by atomic mass is 32.2. The molecule has 21 heavy (non-hydrogen) atoms. The molecule has 104 valence electrons. The minimum Gasteiger partial charge on any atom is -0.290 e. The van der Waals surface area contributed by atoms with Crippen molar-refractivity contribution >= 4 is 46.0 Å².